The van der Waals surface area contributed by atoms with E-state index in [0.29, 0.717) is 44.2 Å². The smallest absolute Gasteiger partial charge is 0.243 e. The number of aryl methyl sites for hydroxylation is 1. The van der Waals surface area contributed by atoms with Crippen molar-refractivity contribution >= 4 is 10.0 Å². The highest BCUT2D eigenvalue weighted by Crippen LogP contribution is 2.27. The fourth-order valence-electron chi connectivity index (χ4n) is 4.42. The van der Waals surface area contributed by atoms with Crippen LogP contribution in [0.4, 0.5) is 8.78 Å². The monoisotopic (exact) mass is 514 g/mol. The summed E-state index contributed by atoms with van der Waals surface area (Å²) in [6, 6.07) is 19.4. The fraction of sp³-hybridized carbons (Fsp3) is 0.357. The lowest BCUT2D eigenvalue weighted by Gasteiger charge is -2.34. The summed E-state index contributed by atoms with van der Waals surface area (Å²) in [5.41, 5.74) is 2.70. The molecule has 0 aromatic heterocycles. The second-order valence-electron chi connectivity index (χ2n) is 8.99. The summed E-state index contributed by atoms with van der Waals surface area (Å²) in [7, 11) is -3.52. The van der Waals surface area contributed by atoms with Crippen LogP contribution in [0.1, 0.15) is 36.1 Å². The lowest BCUT2D eigenvalue weighted by molar-refractivity contribution is 0.0526. The highest BCUT2D eigenvalue weighted by molar-refractivity contribution is 7.89. The molecule has 0 N–H and O–H groups in total. The van der Waals surface area contributed by atoms with Crippen molar-refractivity contribution in [1.82, 2.24) is 9.21 Å². The molecule has 0 amide bonds. The van der Waals surface area contributed by atoms with Crippen LogP contribution in [0.3, 0.4) is 0 Å². The molecule has 4 rings (SSSR count). The molecule has 0 aliphatic carbocycles. The van der Waals surface area contributed by atoms with Crippen molar-refractivity contribution in [3.8, 4) is 0 Å². The van der Waals surface area contributed by atoms with Gasteiger partial charge in [0.2, 0.25) is 10.0 Å². The average Bonchev–Trinajstić information content (AvgIpc) is 2.89. The minimum Gasteiger partial charge on any atom is -0.367 e. The summed E-state index contributed by atoms with van der Waals surface area (Å²) in [5, 5.41) is 0. The molecule has 1 aliphatic rings. The molecule has 0 bridgehead atoms. The highest BCUT2D eigenvalue weighted by Gasteiger charge is 2.28. The van der Waals surface area contributed by atoms with Crippen molar-refractivity contribution in [3.05, 3.63) is 101 Å². The molecule has 0 radical (unpaired) electrons. The molecule has 192 valence electrons. The van der Waals surface area contributed by atoms with Gasteiger partial charge < -0.3 is 4.74 Å². The van der Waals surface area contributed by atoms with Gasteiger partial charge in [0, 0.05) is 32.7 Å². The number of halogens is 2. The molecule has 0 atom stereocenters. The minimum absolute atomic E-state index is 0.332. The first kappa shape index (κ1) is 26.4. The topological polar surface area (TPSA) is 49.9 Å². The van der Waals surface area contributed by atoms with Crippen LogP contribution >= 0.6 is 0 Å². The zero-order chi connectivity index (χ0) is 25.5. The van der Waals surface area contributed by atoms with E-state index in [4.69, 9.17) is 4.74 Å². The molecule has 1 heterocycles. The minimum atomic E-state index is -3.52. The molecule has 3 aromatic rings. The van der Waals surface area contributed by atoms with E-state index >= 15 is 0 Å². The fourth-order valence-corrected chi connectivity index (χ4v) is 5.84. The number of sulfonamides is 1. The van der Waals surface area contributed by atoms with Crippen LogP contribution in [-0.2, 0) is 21.2 Å². The number of ether oxygens (including phenoxy) is 1. The normalized spacial score (nSPS) is 15.4. The van der Waals surface area contributed by atoms with Crippen LogP contribution in [0.15, 0.2) is 77.7 Å². The summed E-state index contributed by atoms with van der Waals surface area (Å²) in [5.74, 6) is -0.664. The van der Waals surface area contributed by atoms with E-state index in [-0.39, 0.29) is 11.6 Å². The van der Waals surface area contributed by atoms with Gasteiger partial charge >= 0.3 is 0 Å². The maximum atomic E-state index is 13.4. The first-order valence-electron chi connectivity index (χ1n) is 12.3. The second-order valence-corrected chi connectivity index (χ2v) is 10.9. The van der Waals surface area contributed by atoms with E-state index < -0.39 is 16.1 Å². The standard InChI is InChI=1S/C28H32F2N2O3S/c1-2-3-22-4-14-27(15-5-22)36(33,34)32-18-16-31(17-19-32)20-21-35-28(23-6-10-25(29)11-7-23)24-8-12-26(30)13-9-24/h4-15,28H,2-3,16-21H2,1H3. The molecule has 1 saturated heterocycles. The molecular formula is C28H32F2N2O3S. The maximum Gasteiger partial charge on any atom is 0.243 e. The zero-order valence-corrected chi connectivity index (χ0v) is 21.3. The molecule has 5 nitrogen and oxygen atoms in total. The average molecular weight is 515 g/mol. The molecule has 3 aromatic carbocycles. The molecule has 1 fully saturated rings. The number of hydrogen-bond donors (Lipinski definition) is 0. The van der Waals surface area contributed by atoms with Gasteiger partial charge in [0.1, 0.15) is 17.7 Å². The van der Waals surface area contributed by atoms with Gasteiger partial charge in [-0.05, 0) is 59.5 Å². The Kier molecular flexibility index (Phi) is 8.85. The van der Waals surface area contributed by atoms with Gasteiger partial charge in [-0.1, -0.05) is 49.7 Å². The molecule has 8 heteroatoms. The third-order valence-electron chi connectivity index (χ3n) is 6.47. The molecule has 36 heavy (non-hydrogen) atoms. The number of nitrogens with zero attached hydrogens (tertiary/aromatic N) is 2. The van der Waals surface area contributed by atoms with E-state index in [1.165, 1.54) is 24.3 Å². The Balaban J connectivity index is 1.32. The lowest BCUT2D eigenvalue weighted by atomic mass is 10.0. The highest BCUT2D eigenvalue weighted by atomic mass is 32.2. The van der Waals surface area contributed by atoms with Gasteiger partial charge in [0.25, 0.3) is 0 Å². The Morgan fingerprint density at radius 3 is 1.83 bits per heavy atom. The van der Waals surface area contributed by atoms with Crippen LogP contribution in [0.2, 0.25) is 0 Å². The first-order valence-corrected chi connectivity index (χ1v) is 13.7. The summed E-state index contributed by atoms with van der Waals surface area (Å²) >= 11 is 0. The van der Waals surface area contributed by atoms with E-state index in [1.807, 2.05) is 12.1 Å². The van der Waals surface area contributed by atoms with Crippen molar-refractivity contribution < 1.29 is 21.9 Å². The lowest BCUT2D eigenvalue weighted by Crippen LogP contribution is -2.49. The van der Waals surface area contributed by atoms with E-state index in [9.17, 15) is 17.2 Å². The third-order valence-corrected chi connectivity index (χ3v) is 8.38. The second kappa shape index (κ2) is 12.1. The van der Waals surface area contributed by atoms with Crippen molar-refractivity contribution in [2.45, 2.75) is 30.8 Å². The van der Waals surface area contributed by atoms with E-state index in [2.05, 4.69) is 11.8 Å². The first-order chi connectivity index (χ1) is 17.4. The number of piperazine rings is 1. The predicted molar refractivity (Wildman–Crippen MR) is 136 cm³/mol. The predicted octanol–water partition coefficient (Wildman–Crippen LogP) is 5.03. The molecular weight excluding hydrogens is 482 g/mol. The van der Waals surface area contributed by atoms with Crippen molar-refractivity contribution in [2.24, 2.45) is 0 Å². The number of hydrogen-bond acceptors (Lipinski definition) is 4. The molecule has 1 aliphatic heterocycles. The molecule has 0 spiro atoms. The summed E-state index contributed by atoms with van der Waals surface area (Å²) in [6.45, 7) is 5.16. The van der Waals surface area contributed by atoms with Crippen LogP contribution in [-0.4, -0.2) is 57.0 Å². The van der Waals surface area contributed by atoms with Crippen molar-refractivity contribution in [3.63, 3.8) is 0 Å². The Labute approximate surface area is 212 Å². The largest absolute Gasteiger partial charge is 0.367 e. The quantitative estimate of drug-likeness (QED) is 0.381. The van der Waals surface area contributed by atoms with Crippen molar-refractivity contribution in [1.29, 1.82) is 0 Å². The number of rotatable bonds is 10. The van der Waals surface area contributed by atoms with E-state index in [0.717, 1.165) is 29.5 Å². The van der Waals surface area contributed by atoms with Gasteiger partial charge in [-0.2, -0.15) is 4.31 Å². The van der Waals surface area contributed by atoms with Crippen LogP contribution in [0, 0.1) is 11.6 Å². The Morgan fingerprint density at radius 1 is 0.806 bits per heavy atom. The van der Waals surface area contributed by atoms with Crippen molar-refractivity contribution in [2.75, 3.05) is 39.3 Å². The van der Waals surface area contributed by atoms with Gasteiger partial charge in [-0.25, -0.2) is 17.2 Å². The Bertz CT molecular complexity index is 1160. The van der Waals surface area contributed by atoms with Crippen LogP contribution in [0.25, 0.3) is 0 Å². The third kappa shape index (κ3) is 6.56. The van der Waals surface area contributed by atoms with Crippen LogP contribution in [0.5, 0.6) is 0 Å². The van der Waals surface area contributed by atoms with Gasteiger partial charge in [0.05, 0.1) is 11.5 Å². The van der Waals surface area contributed by atoms with Crippen LogP contribution < -0.4 is 0 Å². The summed E-state index contributed by atoms with van der Waals surface area (Å²) in [6.07, 6.45) is 1.50. The van der Waals surface area contributed by atoms with Gasteiger partial charge in [-0.3, -0.25) is 4.90 Å². The summed E-state index contributed by atoms with van der Waals surface area (Å²) in [4.78, 5) is 2.50. The Morgan fingerprint density at radius 2 is 1.33 bits per heavy atom. The van der Waals surface area contributed by atoms with Gasteiger partial charge in [-0.15, -0.1) is 0 Å². The number of benzene rings is 3. The summed E-state index contributed by atoms with van der Waals surface area (Å²) < 4.78 is 60.7. The molecule has 0 unspecified atom stereocenters. The Hall–Kier alpha value is -2.65. The SMILES string of the molecule is CCCc1ccc(S(=O)(=O)N2CCN(CCOC(c3ccc(F)cc3)c3ccc(F)cc3)CC2)cc1. The van der Waals surface area contributed by atoms with Gasteiger partial charge in [0.15, 0.2) is 0 Å². The molecule has 0 saturated carbocycles. The maximum absolute atomic E-state index is 13.4. The van der Waals surface area contributed by atoms with E-state index in [1.54, 1.807) is 40.7 Å². The zero-order valence-electron chi connectivity index (χ0n) is 20.4.